The monoisotopic (exact) mass is 545 g/mol. The molecule has 0 aromatic heterocycles. The molecule has 3 aromatic carbocycles. The summed E-state index contributed by atoms with van der Waals surface area (Å²) < 4.78 is 14.7. The van der Waals surface area contributed by atoms with Crippen LogP contribution in [0.4, 0.5) is 16.2 Å². The van der Waals surface area contributed by atoms with Gasteiger partial charge < -0.3 is 24.8 Å². The molecule has 0 radical (unpaired) electrons. The van der Waals surface area contributed by atoms with Crippen LogP contribution in [0, 0.1) is 0 Å². The lowest BCUT2D eigenvalue weighted by Crippen LogP contribution is -2.31. The van der Waals surface area contributed by atoms with Crippen LogP contribution in [0.5, 0.6) is 5.75 Å². The summed E-state index contributed by atoms with van der Waals surface area (Å²) in [6.07, 6.45) is -0.341. The summed E-state index contributed by atoms with van der Waals surface area (Å²) in [6, 6.07) is 16.8. The highest BCUT2D eigenvalue weighted by molar-refractivity contribution is 6.22. The van der Waals surface area contributed by atoms with Gasteiger partial charge in [-0.15, -0.1) is 0 Å². The Morgan fingerprint density at radius 1 is 0.800 bits per heavy atom. The summed E-state index contributed by atoms with van der Waals surface area (Å²) in [5.41, 5.74) is 1.53. The molecule has 1 aliphatic rings. The number of para-hydroxylation sites is 2. The van der Waals surface area contributed by atoms with Crippen LogP contribution in [0.15, 0.2) is 66.7 Å². The van der Waals surface area contributed by atoms with E-state index in [0.717, 1.165) is 4.90 Å². The number of benzene rings is 3. The SMILES string of the molecule is CCOC(=O)Oc1ccc(C(=O)Nc2ccccc2NC(=O)c2ccc3c(c2)C(=O)N(CCCOC)C3=O)cc1. The first kappa shape index (κ1) is 28.0. The average molecular weight is 546 g/mol. The number of carbonyl (C=O) groups is 5. The van der Waals surface area contributed by atoms with Crippen molar-refractivity contribution in [2.75, 3.05) is 37.5 Å². The van der Waals surface area contributed by atoms with E-state index < -0.39 is 29.8 Å². The fourth-order valence-electron chi connectivity index (χ4n) is 4.01. The number of ether oxygens (including phenoxy) is 3. The van der Waals surface area contributed by atoms with E-state index in [4.69, 9.17) is 14.2 Å². The quantitative estimate of drug-likeness (QED) is 0.166. The molecule has 0 saturated heterocycles. The number of methoxy groups -OCH3 is 1. The van der Waals surface area contributed by atoms with Crippen LogP contribution in [-0.2, 0) is 9.47 Å². The Morgan fingerprint density at radius 2 is 1.40 bits per heavy atom. The topological polar surface area (TPSA) is 140 Å². The van der Waals surface area contributed by atoms with Gasteiger partial charge in [0.1, 0.15) is 5.75 Å². The normalized spacial score (nSPS) is 12.1. The van der Waals surface area contributed by atoms with E-state index in [2.05, 4.69) is 10.6 Å². The minimum Gasteiger partial charge on any atom is -0.434 e. The van der Waals surface area contributed by atoms with Crippen LogP contribution >= 0.6 is 0 Å². The van der Waals surface area contributed by atoms with Crippen molar-refractivity contribution in [1.82, 2.24) is 4.90 Å². The van der Waals surface area contributed by atoms with Gasteiger partial charge in [0.25, 0.3) is 23.6 Å². The van der Waals surface area contributed by atoms with Crippen LogP contribution in [-0.4, -0.2) is 61.6 Å². The van der Waals surface area contributed by atoms with Crippen molar-refractivity contribution in [3.8, 4) is 5.75 Å². The van der Waals surface area contributed by atoms with Crippen LogP contribution in [0.2, 0.25) is 0 Å². The highest BCUT2D eigenvalue weighted by atomic mass is 16.7. The number of fused-ring (bicyclic) bond motifs is 1. The van der Waals surface area contributed by atoms with Crippen LogP contribution < -0.4 is 15.4 Å². The summed E-state index contributed by atoms with van der Waals surface area (Å²) in [7, 11) is 1.54. The largest absolute Gasteiger partial charge is 0.513 e. The molecule has 3 aromatic rings. The van der Waals surface area contributed by atoms with E-state index in [-0.39, 0.29) is 41.2 Å². The molecule has 4 amide bonds. The number of imide groups is 1. The van der Waals surface area contributed by atoms with Crippen molar-refractivity contribution in [1.29, 1.82) is 0 Å². The molecule has 0 fully saturated rings. The molecule has 1 aliphatic heterocycles. The second-order valence-corrected chi connectivity index (χ2v) is 8.63. The third-order valence-corrected chi connectivity index (χ3v) is 5.97. The van der Waals surface area contributed by atoms with Gasteiger partial charge in [-0.2, -0.15) is 0 Å². The van der Waals surface area contributed by atoms with E-state index in [1.807, 2.05) is 0 Å². The average Bonchev–Trinajstić information content (AvgIpc) is 3.19. The predicted octanol–water partition coefficient (Wildman–Crippen LogP) is 4.36. The summed E-state index contributed by atoms with van der Waals surface area (Å²) in [6.45, 7) is 2.46. The minimum atomic E-state index is -0.844. The maximum absolute atomic E-state index is 13.1. The van der Waals surface area contributed by atoms with Crippen molar-refractivity contribution >= 4 is 41.2 Å². The minimum absolute atomic E-state index is 0.159. The standard InChI is InChI=1S/C29H27N3O8/c1-3-39-29(37)40-20-12-9-18(10-13-20)25(33)30-23-7-4-5-8-24(23)31-26(34)19-11-14-21-22(17-19)28(36)32(27(21)35)15-6-16-38-2/h4-5,7-14,17H,3,6,15-16H2,1-2H3,(H,30,33)(H,31,34). The molecular formula is C29H27N3O8. The number of rotatable bonds is 10. The van der Waals surface area contributed by atoms with Gasteiger partial charge in [-0.1, -0.05) is 12.1 Å². The first-order valence-electron chi connectivity index (χ1n) is 12.5. The fraction of sp³-hybridized carbons (Fsp3) is 0.207. The van der Waals surface area contributed by atoms with Crippen LogP contribution in [0.1, 0.15) is 54.8 Å². The zero-order chi connectivity index (χ0) is 28.6. The molecule has 40 heavy (non-hydrogen) atoms. The van der Waals surface area contributed by atoms with E-state index in [0.29, 0.717) is 24.4 Å². The molecule has 11 heteroatoms. The Morgan fingerprint density at radius 3 is 2.02 bits per heavy atom. The van der Waals surface area contributed by atoms with Gasteiger partial charge in [0, 0.05) is 31.4 Å². The fourth-order valence-corrected chi connectivity index (χ4v) is 4.01. The highest BCUT2D eigenvalue weighted by Crippen LogP contribution is 2.26. The van der Waals surface area contributed by atoms with Crippen molar-refractivity contribution in [3.05, 3.63) is 89.0 Å². The molecule has 11 nitrogen and oxygen atoms in total. The lowest BCUT2D eigenvalue weighted by Gasteiger charge is -2.13. The Kier molecular flexibility index (Phi) is 8.87. The summed E-state index contributed by atoms with van der Waals surface area (Å²) in [5.74, 6) is -1.63. The van der Waals surface area contributed by atoms with Crippen molar-refractivity contribution < 1.29 is 38.2 Å². The summed E-state index contributed by atoms with van der Waals surface area (Å²) >= 11 is 0. The molecule has 0 bridgehead atoms. The molecule has 0 saturated carbocycles. The first-order chi connectivity index (χ1) is 19.3. The number of amides is 4. The number of hydrogen-bond donors (Lipinski definition) is 2. The Bertz CT molecular complexity index is 1450. The van der Waals surface area contributed by atoms with E-state index >= 15 is 0 Å². The second-order valence-electron chi connectivity index (χ2n) is 8.63. The van der Waals surface area contributed by atoms with E-state index in [1.54, 1.807) is 38.3 Å². The molecule has 206 valence electrons. The molecule has 0 atom stereocenters. The van der Waals surface area contributed by atoms with Gasteiger partial charge in [0.2, 0.25) is 0 Å². The van der Waals surface area contributed by atoms with Gasteiger partial charge in [0.05, 0.1) is 29.1 Å². The Hall–Kier alpha value is -5.03. The summed E-state index contributed by atoms with van der Waals surface area (Å²) in [4.78, 5) is 63.9. The smallest absolute Gasteiger partial charge is 0.434 e. The molecular weight excluding hydrogens is 518 g/mol. The predicted molar refractivity (Wildman–Crippen MR) is 145 cm³/mol. The molecule has 1 heterocycles. The Balaban J connectivity index is 1.44. The molecule has 0 unspecified atom stereocenters. The van der Waals surface area contributed by atoms with Gasteiger partial charge in [-0.05, 0) is 67.9 Å². The van der Waals surface area contributed by atoms with Gasteiger partial charge in [0.15, 0.2) is 0 Å². The molecule has 0 aliphatic carbocycles. The third-order valence-electron chi connectivity index (χ3n) is 5.97. The number of nitrogens with one attached hydrogen (secondary N) is 2. The van der Waals surface area contributed by atoms with Crippen LogP contribution in [0.3, 0.4) is 0 Å². The van der Waals surface area contributed by atoms with Crippen molar-refractivity contribution in [3.63, 3.8) is 0 Å². The molecule has 2 N–H and O–H groups in total. The summed E-state index contributed by atoms with van der Waals surface area (Å²) in [5, 5.41) is 5.49. The zero-order valence-electron chi connectivity index (χ0n) is 21.9. The lowest BCUT2D eigenvalue weighted by atomic mass is 10.1. The lowest BCUT2D eigenvalue weighted by molar-refractivity contribution is 0.0637. The number of anilines is 2. The number of hydrogen-bond acceptors (Lipinski definition) is 8. The maximum atomic E-state index is 13.1. The maximum Gasteiger partial charge on any atom is 0.513 e. The van der Waals surface area contributed by atoms with E-state index in [1.165, 1.54) is 42.5 Å². The number of carbonyl (C=O) groups excluding carboxylic acids is 5. The second kappa shape index (κ2) is 12.7. The van der Waals surface area contributed by atoms with Crippen molar-refractivity contribution in [2.24, 2.45) is 0 Å². The zero-order valence-corrected chi connectivity index (χ0v) is 21.9. The number of nitrogens with zero attached hydrogens (tertiary/aromatic N) is 1. The van der Waals surface area contributed by atoms with Crippen molar-refractivity contribution in [2.45, 2.75) is 13.3 Å². The van der Waals surface area contributed by atoms with Crippen LogP contribution in [0.25, 0.3) is 0 Å². The molecule has 0 spiro atoms. The Labute approximate surface area is 230 Å². The van der Waals surface area contributed by atoms with E-state index in [9.17, 15) is 24.0 Å². The molecule has 4 rings (SSSR count). The highest BCUT2D eigenvalue weighted by Gasteiger charge is 2.35. The first-order valence-corrected chi connectivity index (χ1v) is 12.5. The van der Waals surface area contributed by atoms with Gasteiger partial charge >= 0.3 is 6.16 Å². The van der Waals surface area contributed by atoms with Gasteiger partial charge in [-0.25, -0.2) is 4.79 Å². The van der Waals surface area contributed by atoms with Gasteiger partial charge in [-0.3, -0.25) is 24.1 Å². The third kappa shape index (κ3) is 6.33.